The molecule has 0 atom stereocenters. The number of allylic oxidation sites excluding steroid dienone is 2. The minimum atomic E-state index is 0.458. The van der Waals surface area contributed by atoms with Gasteiger partial charge in [-0.25, -0.2) is 0 Å². The fourth-order valence-electron chi connectivity index (χ4n) is 0.989. The topological polar surface area (TPSA) is 0 Å². The van der Waals surface area contributed by atoms with Crippen molar-refractivity contribution < 1.29 is 0 Å². The van der Waals surface area contributed by atoms with Gasteiger partial charge in [-0.3, -0.25) is 0 Å². The number of hydrogen-bond acceptors (Lipinski definition) is 0. The molecular weight excluding hydrogens is 96.1 g/mol. The van der Waals surface area contributed by atoms with Crippen LogP contribution in [0.5, 0.6) is 0 Å². The van der Waals surface area contributed by atoms with Gasteiger partial charge in [0.1, 0.15) is 0 Å². The zero-order valence-electron chi connectivity index (χ0n) is 5.91. The third kappa shape index (κ3) is 0.795. The molecule has 1 rings (SSSR count). The van der Waals surface area contributed by atoms with Crippen molar-refractivity contribution in [1.82, 2.24) is 0 Å². The molecule has 0 spiro atoms. The average molecular weight is 109 g/mol. The van der Waals surface area contributed by atoms with Crippen LogP contribution in [0.25, 0.3) is 0 Å². The highest BCUT2D eigenvalue weighted by atomic mass is 14.3. The number of rotatable bonds is 0. The molecule has 0 aromatic heterocycles. The second-order valence-electron chi connectivity index (χ2n) is 3.19. The van der Waals surface area contributed by atoms with E-state index in [1.165, 1.54) is 18.4 Å². The van der Waals surface area contributed by atoms with Crippen LogP contribution in [0.1, 0.15) is 33.6 Å². The van der Waals surface area contributed by atoms with Gasteiger partial charge in [0.15, 0.2) is 0 Å². The van der Waals surface area contributed by atoms with Gasteiger partial charge in [-0.2, -0.15) is 0 Å². The normalized spacial score (nSPS) is 25.6. The lowest BCUT2D eigenvalue weighted by molar-refractivity contribution is 0.443. The van der Waals surface area contributed by atoms with E-state index in [4.69, 9.17) is 0 Å². The molecule has 0 nitrogen and oxygen atoms in total. The van der Waals surface area contributed by atoms with E-state index in [9.17, 15) is 0 Å². The third-order valence-corrected chi connectivity index (χ3v) is 2.16. The Balaban J connectivity index is 2.73. The summed E-state index contributed by atoms with van der Waals surface area (Å²) in [4.78, 5) is 0. The van der Waals surface area contributed by atoms with Crippen molar-refractivity contribution in [2.75, 3.05) is 0 Å². The average Bonchev–Trinajstić information content (AvgIpc) is 1.86. The Kier molecular flexibility index (Phi) is 1.18. The lowest BCUT2D eigenvalue weighted by Crippen LogP contribution is -2.06. The van der Waals surface area contributed by atoms with Crippen molar-refractivity contribution in [2.45, 2.75) is 33.6 Å². The summed E-state index contributed by atoms with van der Waals surface area (Å²) in [5, 5.41) is 0. The third-order valence-electron chi connectivity index (χ3n) is 2.16. The molecule has 0 aromatic carbocycles. The summed E-state index contributed by atoms with van der Waals surface area (Å²) in [6.07, 6.45) is 5.78. The highest BCUT2D eigenvalue weighted by molar-refractivity contribution is 5.10. The molecule has 0 saturated carbocycles. The van der Waals surface area contributed by atoms with E-state index >= 15 is 0 Å². The van der Waals surface area contributed by atoms with Gasteiger partial charge in [-0.05, 0) is 31.3 Å². The first-order valence-electron chi connectivity index (χ1n) is 3.21. The van der Waals surface area contributed by atoms with Gasteiger partial charge in [0.25, 0.3) is 0 Å². The van der Waals surface area contributed by atoms with Crippen molar-refractivity contribution in [3.63, 3.8) is 0 Å². The van der Waals surface area contributed by atoms with E-state index in [1.807, 2.05) is 0 Å². The molecule has 0 unspecified atom stereocenters. The molecule has 0 bridgehead atoms. The van der Waals surface area contributed by atoms with Crippen molar-refractivity contribution >= 4 is 0 Å². The predicted octanol–water partition coefficient (Wildman–Crippen LogP) is 2.56. The number of hydrogen-bond donors (Lipinski definition) is 0. The standard InChI is InChI=1S/C8H13/c1-7-5-4-6-8(7,2)3/h4,6H2,1-3H3. The molecule has 0 aliphatic heterocycles. The predicted molar refractivity (Wildman–Crippen MR) is 35.4 cm³/mol. The molecule has 1 radical (unpaired) electrons. The molecule has 8 heavy (non-hydrogen) atoms. The minimum Gasteiger partial charge on any atom is -0.0642 e. The zero-order valence-corrected chi connectivity index (χ0v) is 5.91. The van der Waals surface area contributed by atoms with Crippen LogP contribution >= 0.6 is 0 Å². The van der Waals surface area contributed by atoms with E-state index in [0.29, 0.717) is 5.41 Å². The maximum Gasteiger partial charge on any atom is -0.0138 e. The van der Waals surface area contributed by atoms with E-state index in [1.54, 1.807) is 0 Å². The Bertz CT molecular complexity index is 118. The largest absolute Gasteiger partial charge is 0.0642 e. The van der Waals surface area contributed by atoms with Gasteiger partial charge in [0.05, 0.1) is 0 Å². The van der Waals surface area contributed by atoms with Crippen molar-refractivity contribution in [2.24, 2.45) is 5.41 Å². The Morgan fingerprint density at radius 3 is 2.25 bits per heavy atom. The highest BCUT2D eigenvalue weighted by Crippen LogP contribution is 2.36. The van der Waals surface area contributed by atoms with Crippen molar-refractivity contribution in [3.8, 4) is 0 Å². The summed E-state index contributed by atoms with van der Waals surface area (Å²) >= 11 is 0. The van der Waals surface area contributed by atoms with Crippen LogP contribution in [0.15, 0.2) is 5.57 Å². The molecule has 0 amide bonds. The van der Waals surface area contributed by atoms with Crippen LogP contribution in [0.3, 0.4) is 0 Å². The lowest BCUT2D eigenvalue weighted by Gasteiger charge is -2.18. The van der Waals surface area contributed by atoms with Crippen LogP contribution in [0.2, 0.25) is 0 Å². The molecule has 1 aliphatic carbocycles. The molecule has 0 N–H and O–H groups in total. The SMILES string of the molecule is CC1=[C]CCC1(C)C. The van der Waals surface area contributed by atoms with Crippen LogP contribution < -0.4 is 0 Å². The Morgan fingerprint density at radius 2 is 2.12 bits per heavy atom. The van der Waals surface area contributed by atoms with Gasteiger partial charge in [-0.1, -0.05) is 19.4 Å². The molecule has 0 fully saturated rings. The summed E-state index contributed by atoms with van der Waals surface area (Å²) < 4.78 is 0. The maximum absolute atomic E-state index is 3.33. The Morgan fingerprint density at radius 1 is 1.50 bits per heavy atom. The molecular formula is C8H13. The second-order valence-corrected chi connectivity index (χ2v) is 3.19. The van der Waals surface area contributed by atoms with Gasteiger partial charge >= 0.3 is 0 Å². The molecule has 45 valence electrons. The summed E-state index contributed by atoms with van der Waals surface area (Å²) in [6, 6.07) is 0. The van der Waals surface area contributed by atoms with E-state index in [2.05, 4.69) is 26.8 Å². The zero-order chi connectivity index (χ0) is 6.20. The smallest absolute Gasteiger partial charge is 0.0138 e. The van der Waals surface area contributed by atoms with Crippen LogP contribution in [0, 0.1) is 11.5 Å². The molecule has 0 heteroatoms. The van der Waals surface area contributed by atoms with Crippen LogP contribution in [-0.4, -0.2) is 0 Å². The Labute approximate surface area is 51.6 Å². The van der Waals surface area contributed by atoms with Crippen LogP contribution in [-0.2, 0) is 0 Å². The first-order chi connectivity index (χ1) is 3.63. The van der Waals surface area contributed by atoms with E-state index in [-0.39, 0.29) is 0 Å². The summed E-state index contributed by atoms with van der Waals surface area (Å²) in [6.45, 7) is 6.73. The molecule has 0 saturated heterocycles. The van der Waals surface area contributed by atoms with Gasteiger partial charge in [-0.15, -0.1) is 0 Å². The molecule has 1 aliphatic rings. The fraction of sp³-hybridized carbons (Fsp3) is 0.750. The quantitative estimate of drug-likeness (QED) is 0.448. The Hall–Kier alpha value is -0.260. The monoisotopic (exact) mass is 109 g/mol. The van der Waals surface area contributed by atoms with E-state index < -0.39 is 0 Å². The van der Waals surface area contributed by atoms with Crippen molar-refractivity contribution in [3.05, 3.63) is 11.6 Å². The minimum absolute atomic E-state index is 0.458. The van der Waals surface area contributed by atoms with Crippen LogP contribution in [0.4, 0.5) is 0 Å². The lowest BCUT2D eigenvalue weighted by atomic mass is 9.87. The second kappa shape index (κ2) is 1.61. The first-order valence-corrected chi connectivity index (χ1v) is 3.21. The first kappa shape index (κ1) is 5.87. The van der Waals surface area contributed by atoms with Gasteiger partial charge < -0.3 is 0 Å². The molecule has 0 heterocycles. The van der Waals surface area contributed by atoms with Crippen molar-refractivity contribution in [1.29, 1.82) is 0 Å². The summed E-state index contributed by atoms with van der Waals surface area (Å²) in [7, 11) is 0. The van der Waals surface area contributed by atoms with E-state index in [0.717, 1.165) is 0 Å². The maximum atomic E-state index is 3.33. The van der Waals surface area contributed by atoms with Gasteiger partial charge in [0, 0.05) is 0 Å². The highest BCUT2D eigenvalue weighted by Gasteiger charge is 2.23. The summed E-state index contributed by atoms with van der Waals surface area (Å²) in [5.74, 6) is 0. The summed E-state index contributed by atoms with van der Waals surface area (Å²) in [5.41, 5.74) is 1.90. The fourth-order valence-corrected chi connectivity index (χ4v) is 0.989. The van der Waals surface area contributed by atoms with Gasteiger partial charge in [0.2, 0.25) is 0 Å². The molecule has 0 aromatic rings.